The molecule has 0 fully saturated rings. The van der Waals surface area contributed by atoms with Crippen LogP contribution in [0.15, 0.2) is 229 Å². The maximum atomic E-state index is 6.87. The average Bonchev–Trinajstić information content (AvgIpc) is 3.69. The Labute approximate surface area is 337 Å². The molecule has 11 rings (SSSR count). The summed E-state index contributed by atoms with van der Waals surface area (Å²) in [4.78, 5) is 2.39. The summed E-state index contributed by atoms with van der Waals surface area (Å²) in [5.74, 6) is 0. The quantitative estimate of drug-likeness (QED) is 0.162. The number of anilines is 3. The number of hydrogen-bond donors (Lipinski definition) is 0. The van der Waals surface area contributed by atoms with Gasteiger partial charge in [-0.3, -0.25) is 0 Å². The molecule has 0 amide bonds. The highest BCUT2D eigenvalue weighted by Crippen LogP contribution is 2.47. The van der Waals surface area contributed by atoms with Gasteiger partial charge in [0.1, 0.15) is 11.2 Å². The van der Waals surface area contributed by atoms with E-state index < -0.39 is 0 Å². The summed E-state index contributed by atoms with van der Waals surface area (Å²) in [5.41, 5.74) is 14.5. The highest BCUT2D eigenvalue weighted by molar-refractivity contribution is 6.22. The second-order valence-corrected chi connectivity index (χ2v) is 14.9. The monoisotopic (exact) mass is 739 g/mol. The predicted molar refractivity (Wildman–Crippen MR) is 245 cm³/mol. The SMILES string of the molecule is c1ccc(-c2ccc(-c3ccc(N(c4ccc5ccccc5c4)c4cccc5oc6c7ccccc7c(-c7cccc(-c8ccccc8)c7)cc6c45)cc3)cc2)cc1. The van der Waals surface area contributed by atoms with Crippen LogP contribution in [0.5, 0.6) is 0 Å². The topological polar surface area (TPSA) is 16.4 Å². The Morgan fingerprint density at radius 2 is 0.845 bits per heavy atom. The molecule has 272 valence electrons. The Kier molecular flexibility index (Phi) is 8.19. The van der Waals surface area contributed by atoms with Gasteiger partial charge < -0.3 is 9.32 Å². The van der Waals surface area contributed by atoms with Crippen LogP contribution >= 0.6 is 0 Å². The van der Waals surface area contributed by atoms with Crippen LogP contribution in [0.2, 0.25) is 0 Å². The van der Waals surface area contributed by atoms with Crippen molar-refractivity contribution in [3.8, 4) is 44.5 Å². The van der Waals surface area contributed by atoms with Crippen molar-refractivity contribution in [2.24, 2.45) is 0 Å². The average molecular weight is 740 g/mol. The van der Waals surface area contributed by atoms with Gasteiger partial charge in [0.15, 0.2) is 0 Å². The molecular weight excluding hydrogens is 703 g/mol. The van der Waals surface area contributed by atoms with Crippen molar-refractivity contribution < 1.29 is 4.42 Å². The van der Waals surface area contributed by atoms with E-state index in [1.54, 1.807) is 0 Å². The highest BCUT2D eigenvalue weighted by atomic mass is 16.3. The maximum absolute atomic E-state index is 6.87. The molecule has 0 unspecified atom stereocenters. The Morgan fingerprint density at radius 3 is 1.57 bits per heavy atom. The normalized spacial score (nSPS) is 11.4. The zero-order chi connectivity index (χ0) is 38.4. The van der Waals surface area contributed by atoms with Crippen molar-refractivity contribution in [1.29, 1.82) is 0 Å². The van der Waals surface area contributed by atoms with Gasteiger partial charge in [0.25, 0.3) is 0 Å². The minimum Gasteiger partial charge on any atom is -0.455 e. The van der Waals surface area contributed by atoms with Gasteiger partial charge in [-0.15, -0.1) is 0 Å². The van der Waals surface area contributed by atoms with Gasteiger partial charge in [-0.05, 0) is 109 Å². The smallest absolute Gasteiger partial charge is 0.143 e. The molecule has 0 saturated carbocycles. The van der Waals surface area contributed by atoms with E-state index in [0.717, 1.165) is 44.4 Å². The fourth-order valence-electron chi connectivity index (χ4n) is 8.58. The lowest BCUT2D eigenvalue weighted by Crippen LogP contribution is -2.10. The van der Waals surface area contributed by atoms with Gasteiger partial charge in [-0.25, -0.2) is 0 Å². The third kappa shape index (κ3) is 5.91. The fraction of sp³-hybridized carbons (Fsp3) is 0. The lowest BCUT2D eigenvalue weighted by molar-refractivity contribution is 0.672. The molecule has 0 aliphatic rings. The van der Waals surface area contributed by atoms with Crippen LogP contribution in [-0.4, -0.2) is 0 Å². The summed E-state index contributed by atoms with van der Waals surface area (Å²) >= 11 is 0. The van der Waals surface area contributed by atoms with Crippen molar-refractivity contribution in [2.45, 2.75) is 0 Å². The van der Waals surface area contributed by atoms with Crippen LogP contribution in [0.3, 0.4) is 0 Å². The van der Waals surface area contributed by atoms with Crippen LogP contribution < -0.4 is 4.90 Å². The Morgan fingerprint density at radius 1 is 0.310 bits per heavy atom. The van der Waals surface area contributed by atoms with E-state index in [4.69, 9.17) is 4.42 Å². The molecule has 0 N–H and O–H groups in total. The van der Waals surface area contributed by atoms with E-state index in [-0.39, 0.29) is 0 Å². The van der Waals surface area contributed by atoms with Gasteiger partial charge in [0.2, 0.25) is 0 Å². The first-order valence-corrected chi connectivity index (χ1v) is 19.8. The van der Waals surface area contributed by atoms with Crippen LogP contribution in [-0.2, 0) is 0 Å². The summed E-state index contributed by atoms with van der Waals surface area (Å²) < 4.78 is 6.87. The van der Waals surface area contributed by atoms with Gasteiger partial charge in [0.05, 0.1) is 11.1 Å². The summed E-state index contributed by atoms with van der Waals surface area (Å²) in [5, 5.41) is 6.83. The molecule has 2 nitrogen and oxygen atoms in total. The first kappa shape index (κ1) is 33.6. The van der Waals surface area contributed by atoms with Crippen molar-refractivity contribution in [3.63, 3.8) is 0 Å². The van der Waals surface area contributed by atoms with Crippen molar-refractivity contribution in [2.75, 3.05) is 4.90 Å². The molecule has 1 aromatic heterocycles. The molecule has 2 heteroatoms. The summed E-state index contributed by atoms with van der Waals surface area (Å²) in [6, 6.07) is 80.6. The molecule has 0 spiro atoms. The molecule has 0 radical (unpaired) electrons. The lowest BCUT2D eigenvalue weighted by atomic mass is 9.93. The first-order valence-electron chi connectivity index (χ1n) is 19.8. The van der Waals surface area contributed by atoms with Crippen molar-refractivity contribution in [1.82, 2.24) is 0 Å². The standard InChI is InChI=1S/C56H37NO/c1-3-13-38(14-4-1)41-25-27-42(28-26-41)43-29-32-47(33-30-43)57(48-34-31-40-17-7-8-18-45(40)36-48)53-23-12-24-54-55(53)52-37-51(49-21-9-10-22-50(49)56(52)58-54)46-20-11-19-44(35-46)39-15-5-2-6-16-39/h1-37H. The van der Waals surface area contributed by atoms with E-state index in [0.29, 0.717) is 0 Å². The third-order valence-electron chi connectivity index (χ3n) is 11.4. The van der Waals surface area contributed by atoms with Gasteiger partial charge in [-0.2, -0.15) is 0 Å². The van der Waals surface area contributed by atoms with Gasteiger partial charge in [-0.1, -0.05) is 176 Å². The Hall–Kier alpha value is -7.68. The molecule has 0 atom stereocenters. The minimum atomic E-state index is 0.855. The Balaban J connectivity index is 1.09. The molecule has 0 saturated heterocycles. The Bertz CT molecular complexity index is 3250. The lowest BCUT2D eigenvalue weighted by Gasteiger charge is -2.27. The molecule has 1 heterocycles. The second kappa shape index (κ2) is 14.1. The zero-order valence-electron chi connectivity index (χ0n) is 31.7. The van der Waals surface area contributed by atoms with Crippen LogP contribution in [0.4, 0.5) is 17.1 Å². The number of rotatable bonds is 7. The van der Waals surface area contributed by atoms with Gasteiger partial charge in [0, 0.05) is 22.1 Å². The van der Waals surface area contributed by atoms with Crippen LogP contribution in [0.1, 0.15) is 0 Å². The predicted octanol–water partition coefficient (Wildman–Crippen LogP) is 16.0. The number of benzene rings is 10. The summed E-state index contributed by atoms with van der Waals surface area (Å²) in [6.45, 7) is 0. The number of nitrogens with zero attached hydrogens (tertiary/aromatic N) is 1. The van der Waals surface area contributed by atoms with Crippen molar-refractivity contribution >= 4 is 60.5 Å². The van der Waals surface area contributed by atoms with E-state index in [1.165, 1.54) is 60.7 Å². The van der Waals surface area contributed by atoms with E-state index >= 15 is 0 Å². The molecule has 0 aliphatic carbocycles. The van der Waals surface area contributed by atoms with Crippen molar-refractivity contribution in [3.05, 3.63) is 224 Å². The van der Waals surface area contributed by atoms with E-state index in [2.05, 4.69) is 229 Å². The minimum absolute atomic E-state index is 0.855. The summed E-state index contributed by atoms with van der Waals surface area (Å²) in [7, 11) is 0. The number of hydrogen-bond acceptors (Lipinski definition) is 2. The largest absolute Gasteiger partial charge is 0.455 e. The van der Waals surface area contributed by atoms with Gasteiger partial charge >= 0.3 is 0 Å². The van der Waals surface area contributed by atoms with E-state index in [9.17, 15) is 0 Å². The summed E-state index contributed by atoms with van der Waals surface area (Å²) in [6.07, 6.45) is 0. The molecule has 10 aromatic carbocycles. The zero-order valence-corrected chi connectivity index (χ0v) is 31.7. The first-order chi connectivity index (χ1) is 28.7. The van der Waals surface area contributed by atoms with Crippen LogP contribution in [0, 0.1) is 0 Å². The highest BCUT2D eigenvalue weighted by Gasteiger charge is 2.22. The number of furan rings is 1. The van der Waals surface area contributed by atoms with E-state index in [1.807, 2.05) is 0 Å². The molecule has 11 aromatic rings. The molecular formula is C56H37NO. The number of fused-ring (bicyclic) bond motifs is 6. The molecule has 0 aliphatic heterocycles. The molecule has 0 bridgehead atoms. The fourth-order valence-corrected chi connectivity index (χ4v) is 8.58. The molecule has 58 heavy (non-hydrogen) atoms. The van der Waals surface area contributed by atoms with Crippen LogP contribution in [0.25, 0.3) is 88.0 Å². The second-order valence-electron chi connectivity index (χ2n) is 14.9. The third-order valence-corrected chi connectivity index (χ3v) is 11.4. The maximum Gasteiger partial charge on any atom is 0.143 e.